The van der Waals surface area contributed by atoms with Crippen molar-refractivity contribution in [1.29, 1.82) is 0 Å². The summed E-state index contributed by atoms with van der Waals surface area (Å²) < 4.78 is 6.96. The number of aliphatic hydroxyl groups excluding tert-OH is 1. The maximum atomic E-state index is 9.24. The first-order valence-corrected chi connectivity index (χ1v) is 13.3. The van der Waals surface area contributed by atoms with Gasteiger partial charge in [0.2, 0.25) is 0 Å². The monoisotopic (exact) mass is 382 g/mol. The first-order valence-electron chi connectivity index (χ1n) is 10.0. The molecule has 0 bridgehead atoms. The van der Waals surface area contributed by atoms with Gasteiger partial charge < -0.3 is 9.53 Å². The third kappa shape index (κ3) is 6.06. The van der Waals surface area contributed by atoms with Crippen molar-refractivity contribution in [2.75, 3.05) is 0 Å². The van der Waals surface area contributed by atoms with Crippen molar-refractivity contribution in [2.45, 2.75) is 97.6 Å². The topological polar surface area (TPSA) is 29.5 Å². The molecule has 0 radical (unpaired) electrons. The Kier molecular flexibility index (Phi) is 9.64. The predicted molar refractivity (Wildman–Crippen MR) is 115 cm³/mol. The quantitative estimate of drug-likeness (QED) is 0.394. The molecular formula is C21H38O2SSi. The minimum absolute atomic E-state index is 0.0384. The zero-order chi connectivity index (χ0) is 18.9. The Morgan fingerprint density at radius 3 is 2.16 bits per heavy atom. The molecule has 0 aliphatic rings. The second-order valence-electron chi connectivity index (χ2n) is 7.09. The smallest absolute Gasteiger partial charge is 0.192 e. The molecule has 0 fully saturated rings. The van der Waals surface area contributed by atoms with Crippen LogP contribution in [0.15, 0.2) is 18.2 Å². The fraction of sp³-hybridized carbons (Fsp3) is 0.714. The first kappa shape index (κ1) is 22.6. The zero-order valence-electron chi connectivity index (χ0n) is 17.2. The molecule has 4 heteroatoms. The summed E-state index contributed by atoms with van der Waals surface area (Å²) in [5, 5.41) is 9.24. The van der Waals surface area contributed by atoms with E-state index in [2.05, 4.69) is 53.7 Å². The van der Waals surface area contributed by atoms with Gasteiger partial charge in [-0.25, -0.2) is 0 Å². The summed E-state index contributed by atoms with van der Waals surface area (Å²) in [5.74, 6) is 0. The molecule has 2 nitrogen and oxygen atoms in total. The number of allylic oxidation sites excluding steroid dienone is 2. The largest absolute Gasteiger partial charge is 0.411 e. The Morgan fingerprint density at radius 1 is 1.12 bits per heavy atom. The van der Waals surface area contributed by atoms with E-state index >= 15 is 0 Å². The van der Waals surface area contributed by atoms with E-state index in [9.17, 15) is 5.11 Å². The fourth-order valence-electron chi connectivity index (χ4n) is 3.55. The second-order valence-corrected chi connectivity index (χ2v) is 12.9. The molecule has 0 saturated carbocycles. The molecule has 0 spiro atoms. The van der Waals surface area contributed by atoms with Crippen LogP contribution in [0.25, 0.3) is 5.57 Å². The molecule has 0 aromatic carbocycles. The molecule has 1 N–H and O–H groups in total. The number of rotatable bonds is 12. The summed E-state index contributed by atoms with van der Waals surface area (Å²) in [4.78, 5) is 2.30. The van der Waals surface area contributed by atoms with Crippen LogP contribution in [0.5, 0.6) is 0 Å². The van der Waals surface area contributed by atoms with Crippen molar-refractivity contribution in [2.24, 2.45) is 0 Å². The summed E-state index contributed by atoms with van der Waals surface area (Å²) >= 11 is 1.69. The van der Waals surface area contributed by atoms with Crippen LogP contribution in [-0.2, 0) is 11.0 Å². The van der Waals surface area contributed by atoms with Gasteiger partial charge in [0.25, 0.3) is 0 Å². The normalized spacial score (nSPS) is 13.5. The number of thiophene rings is 1. The fourth-order valence-corrected chi connectivity index (χ4v) is 7.66. The van der Waals surface area contributed by atoms with Gasteiger partial charge in [-0.1, -0.05) is 40.7 Å². The van der Waals surface area contributed by atoms with Crippen molar-refractivity contribution >= 4 is 25.2 Å². The molecule has 1 aromatic heterocycles. The molecular weight excluding hydrogens is 344 g/mol. The van der Waals surface area contributed by atoms with Gasteiger partial charge in [0.15, 0.2) is 8.32 Å². The highest BCUT2D eigenvalue weighted by Gasteiger charge is 2.38. The Labute approximate surface area is 160 Å². The molecule has 1 rings (SSSR count). The highest BCUT2D eigenvalue weighted by Crippen LogP contribution is 2.35. The average molecular weight is 383 g/mol. The summed E-state index contributed by atoms with van der Waals surface area (Å²) in [6.45, 7) is 13.8. The lowest BCUT2D eigenvalue weighted by atomic mass is 9.91. The Hall–Kier alpha value is -0.423. The molecule has 0 amide bonds. The van der Waals surface area contributed by atoms with Crippen molar-refractivity contribution in [3.63, 3.8) is 0 Å². The van der Waals surface area contributed by atoms with Crippen LogP contribution in [0.4, 0.5) is 0 Å². The average Bonchev–Trinajstić information content (AvgIpc) is 3.14. The minimum Gasteiger partial charge on any atom is -0.411 e. The van der Waals surface area contributed by atoms with Crippen LogP contribution >= 0.6 is 11.3 Å². The molecule has 144 valence electrons. The molecule has 0 aliphatic carbocycles. The van der Waals surface area contributed by atoms with Gasteiger partial charge in [-0.05, 0) is 68.4 Å². The van der Waals surface area contributed by atoms with Crippen LogP contribution in [0.3, 0.4) is 0 Å². The van der Waals surface area contributed by atoms with Crippen LogP contribution in [0.1, 0.15) is 77.0 Å². The van der Waals surface area contributed by atoms with Crippen LogP contribution in [0, 0.1) is 0 Å². The third-order valence-electron chi connectivity index (χ3n) is 5.91. The van der Waals surface area contributed by atoms with E-state index in [1.807, 2.05) is 6.07 Å². The van der Waals surface area contributed by atoms with Crippen molar-refractivity contribution < 1.29 is 9.53 Å². The maximum absolute atomic E-state index is 9.24. The Bertz CT molecular complexity index is 519. The van der Waals surface area contributed by atoms with Crippen LogP contribution in [0.2, 0.25) is 18.1 Å². The molecule has 0 aliphatic heterocycles. The predicted octanol–water partition coefficient (Wildman–Crippen LogP) is 7.00. The zero-order valence-corrected chi connectivity index (χ0v) is 19.0. The SMILES string of the molecule is CCC(CC)(CCC=C(C)c1ccc(CO)s1)O[Si](CC)(CC)CC. The standard InChI is InChI=1S/C21H38O2SSi/c1-7-21(8-2,23-25(9-3,10-4)11-5)16-12-13-18(6)20-15-14-19(17-22)24-20/h13-15,22H,7-12,16-17H2,1-6H3. The van der Waals surface area contributed by atoms with E-state index in [0.29, 0.717) is 0 Å². The summed E-state index contributed by atoms with van der Waals surface area (Å²) in [7, 11) is -1.58. The number of hydrogen-bond donors (Lipinski definition) is 1. The first-order chi connectivity index (χ1) is 11.9. The van der Waals surface area contributed by atoms with Gasteiger partial charge in [-0.3, -0.25) is 0 Å². The molecule has 0 saturated heterocycles. The molecule has 0 unspecified atom stereocenters. The van der Waals surface area contributed by atoms with Gasteiger partial charge in [0.05, 0.1) is 12.2 Å². The van der Waals surface area contributed by atoms with Crippen molar-refractivity contribution in [3.05, 3.63) is 28.0 Å². The second kappa shape index (κ2) is 10.7. The molecule has 1 aromatic rings. The van der Waals surface area contributed by atoms with E-state index < -0.39 is 8.32 Å². The summed E-state index contributed by atoms with van der Waals surface area (Å²) in [6.07, 6.45) is 6.70. The van der Waals surface area contributed by atoms with Gasteiger partial charge in [0, 0.05) is 9.75 Å². The van der Waals surface area contributed by atoms with Crippen molar-refractivity contribution in [3.8, 4) is 0 Å². The summed E-state index contributed by atoms with van der Waals surface area (Å²) in [6, 6.07) is 7.79. The van der Waals surface area contributed by atoms with Gasteiger partial charge in [-0.15, -0.1) is 11.3 Å². The highest BCUT2D eigenvalue weighted by molar-refractivity contribution is 7.13. The van der Waals surface area contributed by atoms with Crippen LogP contribution in [-0.4, -0.2) is 19.0 Å². The lowest BCUT2D eigenvalue weighted by Gasteiger charge is -2.42. The molecule has 0 atom stereocenters. The molecule has 25 heavy (non-hydrogen) atoms. The van der Waals surface area contributed by atoms with E-state index in [1.54, 1.807) is 11.3 Å². The number of aliphatic hydroxyl groups is 1. The van der Waals surface area contributed by atoms with Crippen LogP contribution < -0.4 is 0 Å². The maximum Gasteiger partial charge on any atom is 0.192 e. The van der Waals surface area contributed by atoms with E-state index in [4.69, 9.17) is 4.43 Å². The highest BCUT2D eigenvalue weighted by atomic mass is 32.1. The number of hydrogen-bond acceptors (Lipinski definition) is 3. The van der Waals surface area contributed by atoms with Gasteiger partial charge in [-0.2, -0.15) is 0 Å². The van der Waals surface area contributed by atoms with Crippen molar-refractivity contribution in [1.82, 2.24) is 0 Å². The summed E-state index contributed by atoms with van der Waals surface area (Å²) in [5.41, 5.74) is 1.35. The Balaban J connectivity index is 2.81. The third-order valence-corrected chi connectivity index (χ3v) is 11.8. The van der Waals surface area contributed by atoms with Gasteiger partial charge >= 0.3 is 0 Å². The van der Waals surface area contributed by atoms with E-state index in [1.165, 1.54) is 28.6 Å². The van der Waals surface area contributed by atoms with E-state index in [0.717, 1.165) is 30.6 Å². The minimum atomic E-state index is -1.58. The van der Waals surface area contributed by atoms with E-state index in [-0.39, 0.29) is 12.2 Å². The molecule has 1 heterocycles. The lowest BCUT2D eigenvalue weighted by molar-refractivity contribution is 0.0397. The lowest BCUT2D eigenvalue weighted by Crippen LogP contribution is -2.46. The Morgan fingerprint density at radius 2 is 1.72 bits per heavy atom. The van der Waals surface area contributed by atoms with Gasteiger partial charge in [0.1, 0.15) is 0 Å².